The minimum Gasteiger partial charge on any atom is -0.353 e. The number of hydrogen-bond donors (Lipinski definition) is 1. The van der Waals surface area contributed by atoms with Gasteiger partial charge in [-0.15, -0.1) is 0 Å². The van der Waals surface area contributed by atoms with Crippen molar-refractivity contribution in [3.8, 4) is 0 Å². The first kappa shape index (κ1) is 19.3. The molecule has 0 saturated carbocycles. The van der Waals surface area contributed by atoms with Gasteiger partial charge in [0.2, 0.25) is 11.8 Å². The van der Waals surface area contributed by atoms with E-state index in [1.807, 2.05) is 25.7 Å². The van der Waals surface area contributed by atoms with Crippen LogP contribution in [0.5, 0.6) is 0 Å². The third kappa shape index (κ3) is 4.46. The average Bonchev–Trinajstić information content (AvgIpc) is 3.05. The third-order valence-corrected chi connectivity index (χ3v) is 5.36. The smallest absolute Gasteiger partial charge is 0.253 e. The number of carbonyl (C=O) groups excluding carboxylic acids is 3. The van der Waals surface area contributed by atoms with Gasteiger partial charge in [0.1, 0.15) is 0 Å². The Bertz CT molecular complexity index is 706. The molecule has 7 heteroatoms. The minimum absolute atomic E-state index is 0.00406. The molecule has 1 unspecified atom stereocenters. The maximum Gasteiger partial charge on any atom is 0.253 e. The molecule has 0 aromatic carbocycles. The maximum absolute atomic E-state index is 12.6. The van der Waals surface area contributed by atoms with Crippen molar-refractivity contribution in [1.82, 2.24) is 20.1 Å². The van der Waals surface area contributed by atoms with Gasteiger partial charge in [-0.25, -0.2) is 0 Å². The molecule has 0 spiro atoms. The van der Waals surface area contributed by atoms with Crippen molar-refractivity contribution in [2.75, 3.05) is 19.6 Å². The Morgan fingerprint density at radius 3 is 2.33 bits per heavy atom. The lowest BCUT2D eigenvalue weighted by atomic mass is 10.0. The van der Waals surface area contributed by atoms with E-state index in [1.165, 1.54) is 0 Å². The standard InChI is InChI=1S/C20H28N4O3/c1-20(2,3)24-13-15(12-17(24)25)18(26)22-16-6-10-23(11-7-16)19(27)14-4-8-21-9-5-14/h4-5,8-9,15-16H,6-7,10-13H2,1-3H3,(H,22,26). The lowest BCUT2D eigenvalue weighted by molar-refractivity contribution is -0.132. The summed E-state index contributed by atoms with van der Waals surface area (Å²) in [6.45, 7) is 7.67. The largest absolute Gasteiger partial charge is 0.353 e. The number of nitrogens with one attached hydrogen (secondary N) is 1. The molecule has 0 aliphatic carbocycles. The van der Waals surface area contributed by atoms with Crippen molar-refractivity contribution in [1.29, 1.82) is 0 Å². The summed E-state index contributed by atoms with van der Waals surface area (Å²) in [5.41, 5.74) is 0.379. The highest BCUT2D eigenvalue weighted by molar-refractivity contribution is 5.94. The zero-order chi connectivity index (χ0) is 19.6. The quantitative estimate of drug-likeness (QED) is 0.871. The minimum atomic E-state index is -0.284. The molecule has 1 aromatic rings. The predicted octanol–water partition coefficient (Wildman–Crippen LogP) is 1.45. The van der Waals surface area contributed by atoms with E-state index < -0.39 is 0 Å². The third-order valence-electron chi connectivity index (χ3n) is 5.36. The zero-order valence-corrected chi connectivity index (χ0v) is 16.3. The molecule has 3 heterocycles. The van der Waals surface area contributed by atoms with Crippen LogP contribution in [0.1, 0.15) is 50.4 Å². The highest BCUT2D eigenvalue weighted by Gasteiger charge is 2.40. The van der Waals surface area contributed by atoms with Crippen molar-refractivity contribution in [2.45, 2.75) is 51.6 Å². The van der Waals surface area contributed by atoms with E-state index in [0.29, 0.717) is 25.2 Å². The van der Waals surface area contributed by atoms with Gasteiger partial charge in [-0.2, -0.15) is 0 Å². The Balaban J connectivity index is 1.49. The normalized spacial score (nSPS) is 21.4. The Morgan fingerprint density at radius 2 is 1.78 bits per heavy atom. The lowest BCUT2D eigenvalue weighted by Gasteiger charge is -2.33. The van der Waals surface area contributed by atoms with Gasteiger partial charge in [-0.05, 0) is 45.7 Å². The van der Waals surface area contributed by atoms with Gasteiger partial charge in [-0.1, -0.05) is 0 Å². The highest BCUT2D eigenvalue weighted by atomic mass is 16.2. The summed E-state index contributed by atoms with van der Waals surface area (Å²) >= 11 is 0. The topological polar surface area (TPSA) is 82.6 Å². The van der Waals surface area contributed by atoms with Gasteiger partial charge in [0.05, 0.1) is 5.92 Å². The molecule has 27 heavy (non-hydrogen) atoms. The van der Waals surface area contributed by atoms with E-state index in [1.54, 1.807) is 29.4 Å². The summed E-state index contributed by atoms with van der Waals surface area (Å²) < 4.78 is 0. The molecule has 2 aliphatic rings. The molecule has 1 atom stereocenters. The van der Waals surface area contributed by atoms with Crippen LogP contribution in [0, 0.1) is 5.92 Å². The number of rotatable bonds is 3. The van der Waals surface area contributed by atoms with Crippen LogP contribution in [-0.4, -0.2) is 63.7 Å². The van der Waals surface area contributed by atoms with Crippen LogP contribution in [0.4, 0.5) is 0 Å². The van der Waals surface area contributed by atoms with E-state index in [-0.39, 0.29) is 41.6 Å². The second-order valence-corrected chi connectivity index (χ2v) is 8.39. The van der Waals surface area contributed by atoms with Crippen molar-refractivity contribution in [3.63, 3.8) is 0 Å². The van der Waals surface area contributed by atoms with Crippen LogP contribution in [0.25, 0.3) is 0 Å². The zero-order valence-electron chi connectivity index (χ0n) is 16.3. The molecular formula is C20H28N4O3. The molecular weight excluding hydrogens is 344 g/mol. The van der Waals surface area contributed by atoms with Crippen molar-refractivity contribution in [3.05, 3.63) is 30.1 Å². The van der Waals surface area contributed by atoms with Gasteiger partial charge in [0.25, 0.3) is 5.91 Å². The molecule has 3 amide bonds. The summed E-state index contributed by atoms with van der Waals surface area (Å²) in [6, 6.07) is 3.49. The summed E-state index contributed by atoms with van der Waals surface area (Å²) in [7, 11) is 0. The first-order chi connectivity index (χ1) is 12.8. The molecule has 146 valence electrons. The van der Waals surface area contributed by atoms with Gasteiger partial charge in [-0.3, -0.25) is 19.4 Å². The Labute approximate surface area is 160 Å². The SMILES string of the molecule is CC(C)(C)N1CC(C(=O)NC2CCN(C(=O)c3ccncc3)CC2)CC1=O. The van der Waals surface area contributed by atoms with E-state index in [9.17, 15) is 14.4 Å². The van der Waals surface area contributed by atoms with Crippen LogP contribution < -0.4 is 5.32 Å². The van der Waals surface area contributed by atoms with Gasteiger partial charge in [0, 0.05) is 55.6 Å². The maximum atomic E-state index is 12.6. The number of likely N-dealkylation sites (tertiary alicyclic amines) is 2. The van der Waals surface area contributed by atoms with Crippen LogP contribution in [0.15, 0.2) is 24.5 Å². The van der Waals surface area contributed by atoms with Crippen molar-refractivity contribution in [2.24, 2.45) is 5.92 Å². The van der Waals surface area contributed by atoms with Crippen LogP contribution in [-0.2, 0) is 9.59 Å². The fourth-order valence-corrected chi connectivity index (χ4v) is 3.75. The number of hydrogen-bond acceptors (Lipinski definition) is 4. The van der Waals surface area contributed by atoms with Gasteiger partial charge in [0.15, 0.2) is 0 Å². The molecule has 0 radical (unpaired) electrons. The number of pyridine rings is 1. The Hall–Kier alpha value is -2.44. The van der Waals surface area contributed by atoms with Crippen molar-refractivity contribution < 1.29 is 14.4 Å². The van der Waals surface area contributed by atoms with Crippen LogP contribution in [0.3, 0.4) is 0 Å². The van der Waals surface area contributed by atoms with E-state index in [2.05, 4.69) is 10.3 Å². The second-order valence-electron chi connectivity index (χ2n) is 8.39. The van der Waals surface area contributed by atoms with E-state index in [4.69, 9.17) is 0 Å². The van der Waals surface area contributed by atoms with Crippen molar-refractivity contribution >= 4 is 17.7 Å². The highest BCUT2D eigenvalue weighted by Crippen LogP contribution is 2.26. The number of aromatic nitrogens is 1. The van der Waals surface area contributed by atoms with E-state index >= 15 is 0 Å². The van der Waals surface area contributed by atoms with Gasteiger partial charge < -0.3 is 15.1 Å². The summed E-state index contributed by atoms with van der Waals surface area (Å²) in [4.78, 5) is 44.8. The fourth-order valence-electron chi connectivity index (χ4n) is 3.75. The Kier molecular flexibility index (Phi) is 5.48. The number of carbonyl (C=O) groups is 3. The molecule has 3 rings (SSSR count). The summed E-state index contributed by atoms with van der Waals surface area (Å²) in [6.07, 6.45) is 4.97. The molecule has 0 bridgehead atoms. The molecule has 7 nitrogen and oxygen atoms in total. The molecule has 1 N–H and O–H groups in total. The molecule has 1 aromatic heterocycles. The molecule has 2 aliphatic heterocycles. The van der Waals surface area contributed by atoms with Gasteiger partial charge >= 0.3 is 0 Å². The molecule has 2 fully saturated rings. The Morgan fingerprint density at radius 1 is 1.15 bits per heavy atom. The van der Waals surface area contributed by atoms with E-state index in [0.717, 1.165) is 12.8 Å². The lowest BCUT2D eigenvalue weighted by Crippen LogP contribution is -2.48. The fraction of sp³-hybridized carbons (Fsp3) is 0.600. The number of amides is 3. The monoisotopic (exact) mass is 372 g/mol. The predicted molar refractivity (Wildman–Crippen MR) is 101 cm³/mol. The first-order valence-electron chi connectivity index (χ1n) is 9.56. The summed E-state index contributed by atoms with van der Waals surface area (Å²) in [5, 5.41) is 3.09. The number of piperidine rings is 1. The average molecular weight is 372 g/mol. The second kappa shape index (κ2) is 7.66. The summed E-state index contributed by atoms with van der Waals surface area (Å²) in [5.74, 6) is -0.285. The van der Waals surface area contributed by atoms with Crippen LogP contribution >= 0.6 is 0 Å². The molecule has 2 saturated heterocycles. The number of nitrogens with zero attached hydrogens (tertiary/aromatic N) is 3. The first-order valence-corrected chi connectivity index (χ1v) is 9.56. The van der Waals surface area contributed by atoms with Crippen LogP contribution in [0.2, 0.25) is 0 Å².